The Labute approximate surface area is 674 Å². The van der Waals surface area contributed by atoms with Gasteiger partial charge in [0, 0.05) is 38.0 Å². The van der Waals surface area contributed by atoms with Gasteiger partial charge in [0.15, 0.2) is 11.6 Å². The van der Waals surface area contributed by atoms with Gasteiger partial charge in [-0.15, -0.1) is 0 Å². The third-order valence-electron chi connectivity index (χ3n) is 17.5. The molecule has 7 atom stereocenters. The van der Waals surface area contributed by atoms with E-state index in [4.69, 9.17) is 52.8 Å². The van der Waals surface area contributed by atoms with Crippen molar-refractivity contribution in [3.05, 3.63) is 266 Å². The van der Waals surface area contributed by atoms with Crippen LogP contribution < -0.4 is 37.3 Å². The molecule has 13 rings (SSSR count). The Kier molecular flexibility index (Phi) is 37.3. The third-order valence-corrected chi connectivity index (χ3v) is 23.4. The molecule has 3 saturated heterocycles. The van der Waals surface area contributed by atoms with Gasteiger partial charge in [-0.05, 0) is 138 Å². The number of Topliss-reactive ketones (excluding diaryl/α,β-unsaturated/α-hetero) is 2. The number of likely N-dealkylation sites (tertiary alicyclic amines) is 2. The van der Waals surface area contributed by atoms with Crippen LogP contribution in [0.1, 0.15) is 79.7 Å². The molecule has 2 amide bonds. The van der Waals surface area contributed by atoms with Crippen LogP contribution in [0, 0.1) is 11.8 Å². The Morgan fingerprint density at radius 2 is 0.839 bits per heavy atom. The molecule has 0 radical (unpaired) electrons. The number of benzene rings is 8. The predicted molar refractivity (Wildman–Crippen MR) is 435 cm³/mol. The van der Waals surface area contributed by atoms with Gasteiger partial charge in [-0.3, -0.25) is 19.4 Å². The summed E-state index contributed by atoms with van der Waals surface area (Å²) in [5, 5.41) is 44.2. The van der Waals surface area contributed by atoms with Gasteiger partial charge in [0.25, 0.3) is 0 Å². The molecule has 5 aliphatic heterocycles. The first-order valence-corrected chi connectivity index (χ1v) is 44.3. The number of allylic oxidation sites excluding steroid dienone is 2. The molecule has 0 spiro atoms. The minimum absolute atomic E-state index is 0.0352. The third kappa shape index (κ3) is 28.8. The number of ketones is 2. The normalized spacial score (nSPS) is 19.1. The van der Waals surface area contributed by atoms with Crippen molar-refractivity contribution in [3.63, 3.8) is 0 Å². The number of fused-ring (bicyclic) bond motifs is 2. The predicted octanol–water partition coefficient (Wildman–Crippen LogP) is 12.8. The number of hydrogen-bond donors (Lipinski definition) is 4. The summed E-state index contributed by atoms with van der Waals surface area (Å²) in [6.07, 6.45) is 3.67. The number of amides is 2. The van der Waals surface area contributed by atoms with E-state index < -0.39 is 123 Å². The maximum absolute atomic E-state index is 12.7. The molecule has 8 aromatic carbocycles. The van der Waals surface area contributed by atoms with Crippen LogP contribution in [-0.2, 0) is 63.5 Å². The van der Waals surface area contributed by atoms with Crippen molar-refractivity contribution in [2.75, 3.05) is 46.1 Å². The molecule has 112 heavy (non-hydrogen) atoms. The number of rotatable bonds is 14. The van der Waals surface area contributed by atoms with E-state index in [1.54, 1.807) is 65.8 Å². The second-order valence-corrected chi connectivity index (χ2v) is 36.4. The molecular formula is C84H96BCl2F3N2O16P2PdS. The minimum atomic E-state index is -5.87. The second-order valence-electron chi connectivity index (χ2n) is 28.0. The average Bonchev–Trinajstić information content (AvgIpc) is 1.62. The molecule has 4 N–H and O–H groups in total. The number of nitrogens with zero attached hydrogens (tertiary/aromatic N) is 2. The van der Waals surface area contributed by atoms with Crippen LogP contribution in [0.5, 0.6) is 0 Å². The number of ether oxygens (including phenoxy) is 5. The van der Waals surface area contributed by atoms with Crippen molar-refractivity contribution in [2.24, 2.45) is 11.8 Å². The Hall–Kier alpha value is -7.45. The first-order chi connectivity index (χ1) is 53.5. The second kappa shape index (κ2) is 45.6. The zero-order chi connectivity index (χ0) is 81.4. The molecule has 8 aromatic rings. The summed E-state index contributed by atoms with van der Waals surface area (Å²) >= 11 is -0.106. The smallest absolute Gasteiger partial charge is 0.0134 e. The van der Waals surface area contributed by atoms with Gasteiger partial charge < -0.3 is 48.1 Å². The van der Waals surface area contributed by atoms with Crippen LogP contribution in [0.3, 0.4) is 0 Å². The minimum Gasteiger partial charge on any atom is -0.0622 e. The van der Waals surface area contributed by atoms with Crippen LogP contribution in [-0.4, -0.2) is 163 Å². The van der Waals surface area contributed by atoms with Gasteiger partial charge in [-0.1, -0.05) is 249 Å². The van der Waals surface area contributed by atoms with Crippen molar-refractivity contribution in [1.29, 1.82) is 0 Å². The first kappa shape index (κ1) is 91.7. The van der Waals surface area contributed by atoms with Gasteiger partial charge >= 0.3 is 69.9 Å². The maximum atomic E-state index is 12.7. The van der Waals surface area contributed by atoms with Gasteiger partial charge in [-0.2, -0.15) is 21.6 Å². The van der Waals surface area contributed by atoms with Gasteiger partial charge in [0.1, 0.15) is 42.3 Å². The zero-order valence-electron chi connectivity index (χ0n) is 63.2. The van der Waals surface area contributed by atoms with Crippen LogP contribution in [0.15, 0.2) is 261 Å². The number of alkyl halides is 3. The molecule has 0 aliphatic carbocycles. The largest absolute Gasteiger partial charge is 0.0622 e. The molecule has 0 bridgehead atoms. The van der Waals surface area contributed by atoms with Gasteiger partial charge in [-0.25, -0.2) is 9.59 Å². The summed E-state index contributed by atoms with van der Waals surface area (Å²) in [6, 6.07) is 81.3. The first-order valence-electron chi connectivity index (χ1n) is 36.2. The summed E-state index contributed by atoms with van der Waals surface area (Å²) in [5.41, 5.74) is -4.37. The van der Waals surface area contributed by atoms with Crippen LogP contribution >= 0.6 is 34.9 Å². The molecular weight excluding hydrogens is 1630 g/mol. The van der Waals surface area contributed by atoms with E-state index in [0.717, 1.165) is 28.7 Å². The molecule has 1 unspecified atom stereocenters. The quantitative estimate of drug-likeness (QED) is 0.0342. The fourth-order valence-electron chi connectivity index (χ4n) is 12.6. The number of aliphatic hydroxyl groups excluding tert-OH is 2. The van der Waals surface area contributed by atoms with E-state index in [2.05, 4.69) is 193 Å². The fourth-order valence-corrected chi connectivity index (χ4v) is 17.8. The number of aliphatic hydroxyl groups is 2. The Morgan fingerprint density at radius 1 is 0.518 bits per heavy atom. The van der Waals surface area contributed by atoms with E-state index in [9.17, 15) is 51.0 Å². The Bertz CT molecular complexity index is 4020. The molecule has 0 saturated carbocycles. The van der Waals surface area contributed by atoms with Crippen LogP contribution in [0.2, 0.25) is 0 Å². The van der Waals surface area contributed by atoms with Gasteiger partial charge in [0.05, 0.1) is 31.5 Å². The molecule has 28 heteroatoms. The topological polar surface area (TPSA) is 245 Å². The standard InChI is InChI=1S/C21H27NO5.2C18H15P.C16H22F3NO8S.C6H7BO2.C5H10O.2ClH.Pd/c1-21(2,3)27-20(25)22-12-16-11-15(14-7-5-4-6-8-14)9-10-26-19(16)18(22)17(24)13-23;2*1-4-10-16(11-5-1)19(17-12-6-2-7-13-17)18-14-8-3-9-15-18;1-15(2,3)27-14(23)20-7-9-6-10(28-29(24,25)16(17,18)19)4-5-26-13(9)12(20)11(22)8-21;8-7(9)6-4-2-1-3-5-6;1-5-3-2-4-6-5;;;/h4-9,16,18-19,23H,10-13H2,1-3H3;2*1-15H;4,9,12-13,21H,5-8H2,1-3H3;1-5,8-9H;5H,2-4H2,1H3;2*1H;/q;;;;;;;;+2/p-2/t16-,18+,19+;;;9-,12+,13+;;;;;/m0..0...../s1. The molecule has 5 aliphatic rings. The molecule has 602 valence electrons. The van der Waals surface area contributed by atoms with Crippen molar-refractivity contribution in [1.82, 2.24) is 9.80 Å². The van der Waals surface area contributed by atoms with E-state index in [-0.39, 0.29) is 41.4 Å². The monoisotopic (exact) mass is 1730 g/mol. The van der Waals surface area contributed by atoms with E-state index in [1.807, 2.05) is 42.5 Å². The summed E-state index contributed by atoms with van der Waals surface area (Å²) in [4.78, 5) is 52.3. The summed E-state index contributed by atoms with van der Waals surface area (Å²) < 4.78 is 91.8. The maximum Gasteiger partial charge on any atom is -0.0134 e. The molecule has 3 fully saturated rings. The molecule has 0 aromatic heterocycles. The SMILES string of the molecule is CC(C)(C)OC(=O)N1C[C@@H]2CC(OS(=O)(=O)C(F)(F)F)=CCO[C@H]2[C@H]1C(=O)CO.CC(C)(C)OC(=O)N1C[C@@H]2CC(c3ccccc3)=CCO[C@H]2[C@H]1C(=O)CO.CC1CCCO1.OB(O)c1ccccc1.[Cl][Pd][Cl].c1ccc(P(c2ccccc2)c2ccccc2)cc1.c1ccc(P(c2ccccc2)c2ccccc2)cc1. The summed E-state index contributed by atoms with van der Waals surface area (Å²) in [7, 11) is 1.53. The van der Waals surface area contributed by atoms with E-state index in [1.165, 1.54) is 49.6 Å². The number of hydrogen-bond acceptors (Lipinski definition) is 16. The Morgan fingerprint density at radius 3 is 1.12 bits per heavy atom. The molecule has 18 nitrogen and oxygen atoms in total. The van der Waals surface area contributed by atoms with Gasteiger partial charge in [0.2, 0.25) is 0 Å². The van der Waals surface area contributed by atoms with Crippen molar-refractivity contribution < 1.29 is 105 Å². The van der Waals surface area contributed by atoms with Crippen LogP contribution in [0.4, 0.5) is 22.8 Å². The number of halogens is 5. The van der Waals surface area contributed by atoms with Crippen molar-refractivity contribution in [3.8, 4) is 0 Å². The summed E-state index contributed by atoms with van der Waals surface area (Å²) in [5.74, 6) is -2.45. The van der Waals surface area contributed by atoms with E-state index >= 15 is 0 Å². The Balaban J connectivity index is 0.000000194. The molecule has 5 heterocycles. The average molecular weight is 1730 g/mol. The fraction of sp³-hybridized carbons (Fsp3) is 0.333. The number of carbonyl (C=O) groups is 4. The van der Waals surface area contributed by atoms with Crippen LogP contribution in [0.25, 0.3) is 5.57 Å². The zero-order valence-corrected chi connectivity index (χ0v) is 68.9. The summed E-state index contributed by atoms with van der Waals surface area (Å²) in [6.45, 7) is 12.0. The van der Waals surface area contributed by atoms with E-state index in [0.29, 0.717) is 31.1 Å². The number of carbonyl (C=O) groups excluding carboxylic acids is 4. The van der Waals surface area contributed by atoms with Crippen molar-refractivity contribution >= 4 is 119 Å². The van der Waals surface area contributed by atoms with Crippen molar-refractivity contribution in [2.45, 2.75) is 121 Å².